The van der Waals surface area contributed by atoms with Crippen molar-refractivity contribution < 1.29 is 23.5 Å². The van der Waals surface area contributed by atoms with Gasteiger partial charge in [0.15, 0.2) is 5.58 Å². The molecule has 0 radical (unpaired) electrons. The van der Waals surface area contributed by atoms with Crippen LogP contribution >= 0.6 is 11.8 Å². The second-order valence-corrected chi connectivity index (χ2v) is 6.78. The zero-order valence-electron chi connectivity index (χ0n) is 14.5. The molecule has 1 fully saturated rings. The predicted octanol–water partition coefficient (Wildman–Crippen LogP) is 3.41. The summed E-state index contributed by atoms with van der Waals surface area (Å²) in [5.41, 5.74) is 1.06. The Bertz CT molecular complexity index is 1150. The zero-order valence-corrected chi connectivity index (χ0v) is 15.3. The highest BCUT2D eigenvalue weighted by molar-refractivity contribution is 8.18. The number of furan rings is 1. The zero-order chi connectivity index (χ0) is 19.7. The van der Waals surface area contributed by atoms with E-state index in [9.17, 15) is 14.4 Å². The molecule has 0 saturated carbocycles. The van der Waals surface area contributed by atoms with Gasteiger partial charge in [0, 0.05) is 23.9 Å². The average Bonchev–Trinajstić information content (AvgIpc) is 3.23. The molecule has 28 heavy (non-hydrogen) atoms. The molecule has 3 amide bonds. The SMILES string of the molecule is COc1ccccc1NC(=O)c1cncc2cc(/C=C3\SC(=O)NC3=O)oc12. The summed E-state index contributed by atoms with van der Waals surface area (Å²) in [6.07, 6.45) is 4.40. The third-order valence-electron chi connectivity index (χ3n) is 3.96. The minimum absolute atomic E-state index is 0.219. The molecule has 2 aromatic heterocycles. The number of methoxy groups -OCH3 is 1. The highest BCUT2D eigenvalue weighted by Gasteiger charge is 2.26. The Kier molecular flexibility index (Phi) is 4.58. The molecule has 0 spiro atoms. The van der Waals surface area contributed by atoms with E-state index in [-0.39, 0.29) is 10.5 Å². The fraction of sp³-hybridized carbons (Fsp3) is 0.0526. The molecular formula is C19H13N3O5S. The molecule has 1 aliphatic rings. The summed E-state index contributed by atoms with van der Waals surface area (Å²) < 4.78 is 11.0. The van der Waals surface area contributed by atoms with Gasteiger partial charge in [-0.25, -0.2) is 0 Å². The van der Waals surface area contributed by atoms with Crippen molar-refractivity contribution in [3.8, 4) is 5.75 Å². The molecule has 4 rings (SSSR count). The van der Waals surface area contributed by atoms with Crippen LogP contribution in [0.15, 0.2) is 52.0 Å². The lowest BCUT2D eigenvalue weighted by molar-refractivity contribution is -0.115. The smallest absolute Gasteiger partial charge is 0.290 e. The molecule has 0 atom stereocenters. The topological polar surface area (TPSA) is 111 Å². The van der Waals surface area contributed by atoms with Gasteiger partial charge < -0.3 is 14.5 Å². The number of nitrogens with zero attached hydrogens (tertiary/aromatic N) is 1. The maximum atomic E-state index is 12.8. The van der Waals surface area contributed by atoms with Crippen LogP contribution in [-0.4, -0.2) is 29.1 Å². The number of para-hydroxylation sites is 2. The molecule has 2 N–H and O–H groups in total. The first kappa shape index (κ1) is 17.8. The molecule has 0 unspecified atom stereocenters. The minimum Gasteiger partial charge on any atom is -0.495 e. The molecule has 1 aromatic carbocycles. The standard InChI is InChI=1S/C19H13N3O5S/c1-26-14-5-3-2-4-13(14)21-17(23)12-9-20-8-10-6-11(27-16(10)12)7-15-18(24)22-19(25)28-15/h2-9H,1H3,(H,21,23)(H,22,24,25)/b15-7-. The number of ether oxygens (including phenoxy) is 1. The lowest BCUT2D eigenvalue weighted by Crippen LogP contribution is -2.17. The number of carbonyl (C=O) groups excluding carboxylic acids is 3. The van der Waals surface area contributed by atoms with Crippen LogP contribution in [-0.2, 0) is 4.79 Å². The van der Waals surface area contributed by atoms with Gasteiger partial charge in [0.05, 0.1) is 17.7 Å². The predicted molar refractivity (Wildman–Crippen MR) is 104 cm³/mol. The summed E-state index contributed by atoms with van der Waals surface area (Å²) >= 11 is 0.788. The van der Waals surface area contributed by atoms with Crippen molar-refractivity contribution in [2.24, 2.45) is 0 Å². The first-order chi connectivity index (χ1) is 13.5. The number of hydrogen-bond donors (Lipinski definition) is 2. The number of amides is 3. The van der Waals surface area contributed by atoms with Crippen molar-refractivity contribution in [1.82, 2.24) is 10.3 Å². The normalized spacial score (nSPS) is 15.1. The van der Waals surface area contributed by atoms with Gasteiger partial charge in [-0.3, -0.25) is 24.7 Å². The number of carbonyl (C=O) groups is 3. The number of anilines is 1. The number of pyridine rings is 1. The van der Waals surface area contributed by atoms with Gasteiger partial charge in [-0.05, 0) is 30.0 Å². The average molecular weight is 395 g/mol. The molecule has 1 aliphatic heterocycles. The molecule has 140 valence electrons. The highest BCUT2D eigenvalue weighted by Crippen LogP contribution is 2.30. The van der Waals surface area contributed by atoms with Gasteiger partial charge >= 0.3 is 0 Å². The lowest BCUT2D eigenvalue weighted by Gasteiger charge is -2.09. The highest BCUT2D eigenvalue weighted by atomic mass is 32.2. The van der Waals surface area contributed by atoms with E-state index in [0.717, 1.165) is 11.8 Å². The summed E-state index contributed by atoms with van der Waals surface area (Å²) in [5.74, 6) is -0.0430. The van der Waals surface area contributed by atoms with Crippen LogP contribution in [0.3, 0.4) is 0 Å². The van der Waals surface area contributed by atoms with Gasteiger partial charge in [-0.2, -0.15) is 0 Å². The van der Waals surface area contributed by atoms with Crippen LogP contribution in [0, 0.1) is 0 Å². The van der Waals surface area contributed by atoms with Gasteiger partial charge in [0.25, 0.3) is 17.1 Å². The lowest BCUT2D eigenvalue weighted by atomic mass is 10.2. The summed E-state index contributed by atoms with van der Waals surface area (Å²) in [5, 5.41) is 5.10. The Morgan fingerprint density at radius 3 is 2.86 bits per heavy atom. The quantitative estimate of drug-likeness (QED) is 0.651. The van der Waals surface area contributed by atoms with E-state index in [4.69, 9.17) is 9.15 Å². The monoisotopic (exact) mass is 395 g/mol. The first-order valence-corrected chi connectivity index (χ1v) is 8.93. The number of benzene rings is 1. The van der Waals surface area contributed by atoms with Crippen LogP contribution in [0.4, 0.5) is 10.5 Å². The van der Waals surface area contributed by atoms with Gasteiger partial charge in [0.1, 0.15) is 17.1 Å². The van der Waals surface area contributed by atoms with Crippen LogP contribution in [0.25, 0.3) is 17.0 Å². The second kappa shape index (κ2) is 7.20. The number of fused-ring (bicyclic) bond motifs is 1. The van der Waals surface area contributed by atoms with E-state index in [1.165, 1.54) is 19.4 Å². The molecule has 3 heterocycles. The molecular weight excluding hydrogens is 382 g/mol. The first-order valence-electron chi connectivity index (χ1n) is 8.12. The number of rotatable bonds is 4. The largest absolute Gasteiger partial charge is 0.495 e. The van der Waals surface area contributed by atoms with E-state index in [1.54, 1.807) is 36.5 Å². The van der Waals surface area contributed by atoms with Crippen LogP contribution in [0.1, 0.15) is 16.1 Å². The molecule has 3 aromatic rings. The van der Waals surface area contributed by atoms with Crippen molar-refractivity contribution in [3.05, 3.63) is 59.0 Å². The van der Waals surface area contributed by atoms with Crippen molar-refractivity contribution in [2.45, 2.75) is 0 Å². The van der Waals surface area contributed by atoms with Crippen LogP contribution in [0.2, 0.25) is 0 Å². The van der Waals surface area contributed by atoms with Crippen LogP contribution < -0.4 is 15.4 Å². The number of imide groups is 1. The Morgan fingerprint density at radius 2 is 2.11 bits per heavy atom. The summed E-state index contributed by atoms with van der Waals surface area (Å²) in [7, 11) is 1.52. The number of thioether (sulfide) groups is 1. The number of aromatic nitrogens is 1. The Morgan fingerprint density at radius 1 is 1.29 bits per heavy atom. The molecule has 1 saturated heterocycles. The van der Waals surface area contributed by atoms with Gasteiger partial charge in [0.2, 0.25) is 0 Å². The summed E-state index contributed by atoms with van der Waals surface area (Å²) in [4.78, 5) is 40.0. The Balaban J connectivity index is 1.67. The molecule has 0 bridgehead atoms. The fourth-order valence-corrected chi connectivity index (χ4v) is 3.37. The van der Waals surface area contributed by atoms with E-state index in [1.807, 2.05) is 0 Å². The third-order valence-corrected chi connectivity index (χ3v) is 4.77. The number of nitrogens with one attached hydrogen (secondary N) is 2. The minimum atomic E-state index is -0.484. The molecule has 0 aliphatic carbocycles. The summed E-state index contributed by atoms with van der Waals surface area (Å²) in [6.45, 7) is 0. The molecule has 9 heteroatoms. The van der Waals surface area contributed by atoms with Crippen molar-refractivity contribution in [2.75, 3.05) is 12.4 Å². The Labute approximate surface area is 162 Å². The third kappa shape index (κ3) is 3.35. The van der Waals surface area contributed by atoms with E-state index >= 15 is 0 Å². The van der Waals surface area contributed by atoms with Gasteiger partial charge in [-0.15, -0.1) is 0 Å². The van der Waals surface area contributed by atoms with E-state index in [0.29, 0.717) is 28.2 Å². The maximum absolute atomic E-state index is 12.8. The second-order valence-electron chi connectivity index (χ2n) is 5.76. The van der Waals surface area contributed by atoms with Crippen molar-refractivity contribution in [1.29, 1.82) is 0 Å². The summed E-state index contributed by atoms with van der Waals surface area (Å²) in [6, 6.07) is 8.67. The maximum Gasteiger partial charge on any atom is 0.290 e. The van der Waals surface area contributed by atoms with Crippen molar-refractivity contribution >= 4 is 51.5 Å². The van der Waals surface area contributed by atoms with E-state index < -0.39 is 17.1 Å². The number of hydrogen-bond acceptors (Lipinski definition) is 7. The Hall–Kier alpha value is -3.59. The fourth-order valence-electron chi connectivity index (χ4n) is 2.70. The van der Waals surface area contributed by atoms with Gasteiger partial charge in [-0.1, -0.05) is 12.1 Å². The van der Waals surface area contributed by atoms with Crippen molar-refractivity contribution in [3.63, 3.8) is 0 Å². The van der Waals surface area contributed by atoms with Crippen LogP contribution in [0.5, 0.6) is 5.75 Å². The van der Waals surface area contributed by atoms with E-state index in [2.05, 4.69) is 15.6 Å². The molecule has 8 nitrogen and oxygen atoms in total.